The van der Waals surface area contributed by atoms with E-state index in [4.69, 9.17) is 0 Å². The first-order chi connectivity index (χ1) is 13.2. The molecule has 27 heavy (non-hydrogen) atoms. The number of nitrogens with one attached hydrogen (secondary N) is 2. The first kappa shape index (κ1) is 17.0. The van der Waals surface area contributed by atoms with Gasteiger partial charge in [-0.25, -0.2) is 0 Å². The predicted molar refractivity (Wildman–Crippen MR) is 107 cm³/mol. The number of anilines is 1. The van der Waals surface area contributed by atoms with Crippen LogP contribution in [0, 0.1) is 0 Å². The van der Waals surface area contributed by atoms with Crippen molar-refractivity contribution in [1.29, 1.82) is 0 Å². The van der Waals surface area contributed by atoms with Gasteiger partial charge < -0.3 is 10.6 Å². The average molecular weight is 356 g/mol. The van der Waals surface area contributed by atoms with Gasteiger partial charge in [0.25, 0.3) is 11.8 Å². The van der Waals surface area contributed by atoms with Crippen LogP contribution in [0.4, 0.5) is 5.69 Å². The highest BCUT2D eigenvalue weighted by molar-refractivity contribution is 6.11. The zero-order valence-electron chi connectivity index (χ0n) is 15.1. The molecule has 1 aliphatic rings. The van der Waals surface area contributed by atoms with E-state index in [0.717, 1.165) is 23.1 Å². The average Bonchev–Trinajstić information content (AvgIpc) is 3.11. The molecule has 0 bridgehead atoms. The summed E-state index contributed by atoms with van der Waals surface area (Å²) in [6.07, 6.45) is 0.915. The quantitative estimate of drug-likeness (QED) is 0.727. The molecule has 4 nitrogen and oxygen atoms in total. The number of amides is 2. The molecule has 0 saturated carbocycles. The Kier molecular flexibility index (Phi) is 4.47. The van der Waals surface area contributed by atoms with E-state index in [1.807, 2.05) is 42.5 Å². The molecule has 2 N–H and O–H groups in total. The number of aryl methyl sites for hydroxylation is 1. The first-order valence-electron chi connectivity index (χ1n) is 9.07. The normalized spacial score (nSPS) is 12.4. The smallest absolute Gasteiger partial charge is 0.255 e. The second-order valence-corrected chi connectivity index (χ2v) is 6.53. The van der Waals surface area contributed by atoms with Crippen LogP contribution >= 0.6 is 0 Å². The summed E-state index contributed by atoms with van der Waals surface area (Å²) in [5.41, 5.74) is 6.01. The number of fused-ring (bicyclic) bond motifs is 1. The van der Waals surface area contributed by atoms with Crippen LogP contribution in [0.15, 0.2) is 66.7 Å². The minimum atomic E-state index is -0.223. The molecule has 134 valence electrons. The summed E-state index contributed by atoms with van der Waals surface area (Å²) in [6, 6.07) is 21.0. The molecule has 4 rings (SSSR count). The Balaban J connectivity index is 1.77. The third-order valence-electron chi connectivity index (χ3n) is 4.94. The van der Waals surface area contributed by atoms with Crippen LogP contribution in [0.25, 0.3) is 11.1 Å². The van der Waals surface area contributed by atoms with Gasteiger partial charge in [-0.05, 0) is 46.9 Å². The van der Waals surface area contributed by atoms with Crippen LogP contribution < -0.4 is 10.6 Å². The van der Waals surface area contributed by atoms with Gasteiger partial charge in [-0.2, -0.15) is 0 Å². The molecule has 0 saturated heterocycles. The summed E-state index contributed by atoms with van der Waals surface area (Å²) in [6.45, 7) is 2.59. The summed E-state index contributed by atoms with van der Waals surface area (Å²) in [7, 11) is 0. The van der Waals surface area contributed by atoms with Crippen molar-refractivity contribution >= 4 is 17.5 Å². The summed E-state index contributed by atoms with van der Waals surface area (Å²) in [5.74, 6) is -0.372. The molecule has 2 amide bonds. The molecule has 1 heterocycles. The number of carbonyl (C=O) groups is 2. The van der Waals surface area contributed by atoms with Crippen molar-refractivity contribution < 1.29 is 9.59 Å². The van der Waals surface area contributed by atoms with Crippen LogP contribution in [0.3, 0.4) is 0 Å². The lowest BCUT2D eigenvalue weighted by Gasteiger charge is -2.15. The van der Waals surface area contributed by atoms with Gasteiger partial charge in [0.05, 0.1) is 11.3 Å². The minimum absolute atomic E-state index is 0.149. The van der Waals surface area contributed by atoms with E-state index in [9.17, 15) is 9.59 Å². The van der Waals surface area contributed by atoms with Gasteiger partial charge in [-0.1, -0.05) is 55.5 Å². The zero-order valence-corrected chi connectivity index (χ0v) is 15.1. The summed E-state index contributed by atoms with van der Waals surface area (Å²) >= 11 is 0. The summed E-state index contributed by atoms with van der Waals surface area (Å²) < 4.78 is 0. The molecule has 3 aromatic rings. The van der Waals surface area contributed by atoms with E-state index in [-0.39, 0.29) is 11.8 Å². The highest BCUT2D eigenvalue weighted by Gasteiger charge is 2.27. The second-order valence-electron chi connectivity index (χ2n) is 6.53. The van der Waals surface area contributed by atoms with Crippen molar-refractivity contribution in [1.82, 2.24) is 5.32 Å². The van der Waals surface area contributed by atoms with Crippen molar-refractivity contribution in [3.05, 3.63) is 89.0 Å². The lowest BCUT2D eigenvalue weighted by Crippen LogP contribution is -2.17. The van der Waals surface area contributed by atoms with Crippen molar-refractivity contribution in [2.45, 2.75) is 19.9 Å². The van der Waals surface area contributed by atoms with E-state index in [1.54, 1.807) is 12.1 Å². The van der Waals surface area contributed by atoms with Crippen LogP contribution in [0.5, 0.6) is 0 Å². The minimum Gasteiger partial charge on any atom is -0.348 e. The molecule has 0 unspecified atom stereocenters. The zero-order chi connectivity index (χ0) is 18.8. The van der Waals surface area contributed by atoms with Gasteiger partial charge in [-0.15, -0.1) is 0 Å². The molecule has 0 radical (unpaired) electrons. The van der Waals surface area contributed by atoms with Gasteiger partial charge in [0.15, 0.2) is 0 Å². The maximum Gasteiger partial charge on any atom is 0.255 e. The molecule has 0 fully saturated rings. The van der Waals surface area contributed by atoms with E-state index < -0.39 is 0 Å². The van der Waals surface area contributed by atoms with E-state index in [1.165, 1.54) is 5.56 Å². The molecule has 0 aliphatic carbocycles. The monoisotopic (exact) mass is 356 g/mol. The lowest BCUT2D eigenvalue weighted by molar-refractivity contribution is 0.0966. The number of benzene rings is 3. The molecule has 3 aromatic carbocycles. The SMILES string of the molecule is CCc1ccccc1-c1ccc(NC(=O)c2ccccc2)c2c1CNC2=O. The van der Waals surface area contributed by atoms with Gasteiger partial charge in [-0.3, -0.25) is 9.59 Å². The summed E-state index contributed by atoms with van der Waals surface area (Å²) in [5, 5.41) is 5.79. The predicted octanol–water partition coefficient (Wildman–Crippen LogP) is 4.41. The Bertz CT molecular complexity index is 1030. The first-order valence-corrected chi connectivity index (χ1v) is 9.07. The highest BCUT2D eigenvalue weighted by Crippen LogP contribution is 2.35. The van der Waals surface area contributed by atoms with Crippen molar-refractivity contribution in [3.63, 3.8) is 0 Å². The Morgan fingerprint density at radius 1 is 0.963 bits per heavy atom. The molecule has 1 aliphatic heterocycles. The largest absolute Gasteiger partial charge is 0.348 e. The number of carbonyl (C=O) groups excluding carboxylic acids is 2. The van der Waals surface area contributed by atoms with Crippen LogP contribution in [0.2, 0.25) is 0 Å². The molecule has 4 heteroatoms. The van der Waals surface area contributed by atoms with Crippen molar-refractivity contribution in [2.75, 3.05) is 5.32 Å². The van der Waals surface area contributed by atoms with E-state index in [2.05, 4.69) is 29.7 Å². The van der Waals surface area contributed by atoms with Gasteiger partial charge in [0.1, 0.15) is 0 Å². The number of hydrogen-bond donors (Lipinski definition) is 2. The highest BCUT2D eigenvalue weighted by atomic mass is 16.2. The standard InChI is InChI=1S/C23H20N2O2/c1-2-15-8-6-7-11-17(15)18-12-13-20(21-19(18)14-24-23(21)27)25-22(26)16-9-4-3-5-10-16/h3-13H,2,14H2,1H3,(H,24,27)(H,25,26). The Morgan fingerprint density at radius 2 is 1.70 bits per heavy atom. The van der Waals surface area contributed by atoms with Crippen LogP contribution in [-0.2, 0) is 13.0 Å². The van der Waals surface area contributed by atoms with E-state index >= 15 is 0 Å². The molecule has 0 atom stereocenters. The van der Waals surface area contributed by atoms with Crippen LogP contribution in [-0.4, -0.2) is 11.8 Å². The number of rotatable bonds is 4. The Labute approximate surface area is 158 Å². The fourth-order valence-electron chi connectivity index (χ4n) is 3.58. The molecule has 0 spiro atoms. The van der Waals surface area contributed by atoms with Gasteiger partial charge in [0, 0.05) is 12.1 Å². The van der Waals surface area contributed by atoms with Gasteiger partial charge in [0.2, 0.25) is 0 Å². The fourth-order valence-corrected chi connectivity index (χ4v) is 3.58. The fraction of sp³-hybridized carbons (Fsp3) is 0.130. The van der Waals surface area contributed by atoms with Gasteiger partial charge >= 0.3 is 0 Å². The Morgan fingerprint density at radius 3 is 2.48 bits per heavy atom. The van der Waals surface area contributed by atoms with Crippen molar-refractivity contribution in [3.8, 4) is 11.1 Å². The van der Waals surface area contributed by atoms with Crippen LogP contribution in [0.1, 0.15) is 38.8 Å². The molecule has 0 aromatic heterocycles. The third-order valence-corrected chi connectivity index (χ3v) is 4.94. The Hall–Kier alpha value is -3.40. The number of hydrogen-bond acceptors (Lipinski definition) is 2. The maximum atomic E-state index is 12.5. The maximum absolute atomic E-state index is 12.5. The molecular weight excluding hydrogens is 336 g/mol. The van der Waals surface area contributed by atoms with E-state index in [0.29, 0.717) is 23.4 Å². The third kappa shape index (κ3) is 3.10. The molecular formula is C23H20N2O2. The second kappa shape index (κ2) is 7.08. The topological polar surface area (TPSA) is 58.2 Å². The van der Waals surface area contributed by atoms with Crippen molar-refractivity contribution in [2.24, 2.45) is 0 Å². The lowest BCUT2D eigenvalue weighted by atomic mass is 9.91. The summed E-state index contributed by atoms with van der Waals surface area (Å²) in [4.78, 5) is 25.0.